The molecular weight excluding hydrogens is 310 g/mol. The molecule has 0 saturated heterocycles. The van der Waals surface area contributed by atoms with Crippen LogP contribution in [0.1, 0.15) is 30.1 Å². The van der Waals surface area contributed by atoms with Crippen LogP contribution in [0.5, 0.6) is 0 Å². The van der Waals surface area contributed by atoms with Crippen LogP contribution in [0.15, 0.2) is 33.9 Å². The first-order valence-electron chi connectivity index (χ1n) is 6.00. The number of thiol groups is 1. The van der Waals surface area contributed by atoms with Gasteiger partial charge in [-0.15, -0.1) is 22.8 Å². The third-order valence-corrected chi connectivity index (χ3v) is 4.35. The van der Waals surface area contributed by atoms with E-state index in [1.54, 1.807) is 0 Å². The molecule has 5 heteroatoms. The van der Waals surface area contributed by atoms with E-state index < -0.39 is 0 Å². The number of benzene rings is 1. The van der Waals surface area contributed by atoms with Crippen LogP contribution in [0.25, 0.3) is 0 Å². The quantitative estimate of drug-likeness (QED) is 0.877. The van der Waals surface area contributed by atoms with Crippen molar-refractivity contribution in [2.45, 2.75) is 23.9 Å². The SMILES string of the molecule is Cn1c(S)nnc1C(c1cccc(Br)c1)C1CC1. The van der Waals surface area contributed by atoms with Crippen molar-refractivity contribution in [2.24, 2.45) is 13.0 Å². The average Bonchev–Trinajstić information content (AvgIpc) is 3.12. The molecule has 94 valence electrons. The van der Waals surface area contributed by atoms with Gasteiger partial charge in [-0.05, 0) is 36.5 Å². The van der Waals surface area contributed by atoms with Gasteiger partial charge in [-0.1, -0.05) is 28.1 Å². The smallest absolute Gasteiger partial charge is 0.187 e. The largest absolute Gasteiger partial charge is 0.309 e. The third-order valence-electron chi connectivity index (χ3n) is 3.46. The number of halogens is 1. The van der Waals surface area contributed by atoms with E-state index in [2.05, 4.69) is 57.0 Å². The predicted molar refractivity (Wildman–Crippen MR) is 77.0 cm³/mol. The zero-order valence-electron chi connectivity index (χ0n) is 10.0. The molecule has 0 radical (unpaired) electrons. The van der Waals surface area contributed by atoms with Crippen LogP contribution < -0.4 is 0 Å². The topological polar surface area (TPSA) is 30.7 Å². The molecule has 2 aromatic rings. The monoisotopic (exact) mass is 323 g/mol. The second-order valence-electron chi connectivity index (χ2n) is 4.79. The van der Waals surface area contributed by atoms with Gasteiger partial charge in [-0.2, -0.15) is 0 Å². The van der Waals surface area contributed by atoms with Crippen molar-refractivity contribution in [1.82, 2.24) is 14.8 Å². The van der Waals surface area contributed by atoms with Gasteiger partial charge in [0.15, 0.2) is 5.16 Å². The molecule has 1 unspecified atom stereocenters. The molecule has 1 fully saturated rings. The number of hydrogen-bond donors (Lipinski definition) is 1. The molecule has 0 spiro atoms. The highest BCUT2D eigenvalue weighted by Crippen LogP contribution is 2.46. The number of hydrogen-bond acceptors (Lipinski definition) is 3. The van der Waals surface area contributed by atoms with E-state index in [-0.39, 0.29) is 0 Å². The van der Waals surface area contributed by atoms with Crippen molar-refractivity contribution < 1.29 is 0 Å². The average molecular weight is 324 g/mol. The van der Waals surface area contributed by atoms with E-state index >= 15 is 0 Å². The van der Waals surface area contributed by atoms with E-state index in [1.165, 1.54) is 18.4 Å². The van der Waals surface area contributed by atoms with Crippen molar-refractivity contribution in [1.29, 1.82) is 0 Å². The van der Waals surface area contributed by atoms with Crippen molar-refractivity contribution >= 4 is 28.6 Å². The summed E-state index contributed by atoms with van der Waals surface area (Å²) in [5, 5.41) is 9.04. The minimum Gasteiger partial charge on any atom is -0.309 e. The molecule has 18 heavy (non-hydrogen) atoms. The second-order valence-corrected chi connectivity index (χ2v) is 6.10. The summed E-state index contributed by atoms with van der Waals surface area (Å²) in [4.78, 5) is 0. The van der Waals surface area contributed by atoms with E-state index in [0.29, 0.717) is 17.0 Å². The minimum atomic E-state index is 0.334. The molecule has 0 N–H and O–H groups in total. The lowest BCUT2D eigenvalue weighted by Gasteiger charge is -2.16. The Morgan fingerprint density at radius 1 is 1.39 bits per heavy atom. The summed E-state index contributed by atoms with van der Waals surface area (Å²) < 4.78 is 3.09. The standard InChI is InChI=1S/C13H14BrN3S/c1-17-12(15-16-13(17)18)11(8-5-6-8)9-3-2-4-10(14)7-9/h2-4,7-8,11H,5-6H2,1H3,(H,16,18). The highest BCUT2D eigenvalue weighted by atomic mass is 79.9. The summed E-state index contributed by atoms with van der Waals surface area (Å²) in [6.45, 7) is 0. The second kappa shape index (κ2) is 4.70. The van der Waals surface area contributed by atoms with Gasteiger partial charge >= 0.3 is 0 Å². The normalized spacial score (nSPS) is 16.8. The van der Waals surface area contributed by atoms with Crippen LogP contribution in [0.2, 0.25) is 0 Å². The molecule has 1 aromatic heterocycles. The zero-order chi connectivity index (χ0) is 12.7. The maximum atomic E-state index is 4.31. The predicted octanol–water partition coefficient (Wildman–Crippen LogP) is 3.41. The summed E-state index contributed by atoms with van der Waals surface area (Å²) in [5.41, 5.74) is 1.30. The molecule has 1 aliphatic rings. The van der Waals surface area contributed by atoms with E-state index in [9.17, 15) is 0 Å². The first-order valence-corrected chi connectivity index (χ1v) is 7.24. The van der Waals surface area contributed by atoms with Crippen molar-refractivity contribution in [3.05, 3.63) is 40.1 Å². The van der Waals surface area contributed by atoms with Gasteiger partial charge in [-0.25, -0.2) is 0 Å². The van der Waals surface area contributed by atoms with E-state index in [4.69, 9.17) is 0 Å². The van der Waals surface area contributed by atoms with Crippen LogP contribution in [0.4, 0.5) is 0 Å². The van der Waals surface area contributed by atoms with Gasteiger partial charge in [0.25, 0.3) is 0 Å². The molecule has 1 atom stereocenters. The van der Waals surface area contributed by atoms with Gasteiger partial charge in [0.2, 0.25) is 0 Å². The lowest BCUT2D eigenvalue weighted by atomic mass is 9.93. The molecule has 0 amide bonds. The minimum absolute atomic E-state index is 0.334. The van der Waals surface area contributed by atoms with Gasteiger partial charge in [-0.3, -0.25) is 0 Å². The molecule has 0 aliphatic heterocycles. The fourth-order valence-electron chi connectivity index (χ4n) is 2.37. The fourth-order valence-corrected chi connectivity index (χ4v) is 2.93. The molecule has 0 bridgehead atoms. The zero-order valence-corrected chi connectivity index (χ0v) is 12.5. The summed E-state index contributed by atoms with van der Waals surface area (Å²) in [5.74, 6) is 2.04. The maximum absolute atomic E-state index is 4.31. The van der Waals surface area contributed by atoms with Crippen LogP contribution in [0.3, 0.4) is 0 Å². The Hall–Kier alpha value is -0.810. The Labute approximate surface area is 120 Å². The molecule has 1 saturated carbocycles. The molecule has 1 aliphatic carbocycles. The summed E-state index contributed by atoms with van der Waals surface area (Å²) in [7, 11) is 1.98. The number of aromatic nitrogens is 3. The Balaban J connectivity index is 2.05. The van der Waals surface area contributed by atoms with Gasteiger partial charge < -0.3 is 4.57 Å². The lowest BCUT2D eigenvalue weighted by molar-refractivity contribution is 0.612. The van der Waals surface area contributed by atoms with Crippen LogP contribution in [0, 0.1) is 5.92 Å². The molecule has 3 nitrogen and oxygen atoms in total. The first-order chi connectivity index (χ1) is 8.66. The Morgan fingerprint density at radius 3 is 2.72 bits per heavy atom. The highest BCUT2D eigenvalue weighted by Gasteiger charge is 2.36. The third kappa shape index (κ3) is 2.21. The van der Waals surface area contributed by atoms with Crippen molar-refractivity contribution in [3.63, 3.8) is 0 Å². The summed E-state index contributed by atoms with van der Waals surface area (Å²) >= 11 is 7.85. The fraction of sp³-hybridized carbons (Fsp3) is 0.385. The van der Waals surface area contributed by atoms with Crippen molar-refractivity contribution in [2.75, 3.05) is 0 Å². The Bertz CT molecular complexity index is 577. The van der Waals surface area contributed by atoms with Crippen LogP contribution in [-0.4, -0.2) is 14.8 Å². The summed E-state index contributed by atoms with van der Waals surface area (Å²) in [6, 6.07) is 8.47. The van der Waals surface area contributed by atoms with E-state index in [1.807, 2.05) is 17.7 Å². The summed E-state index contributed by atoms with van der Waals surface area (Å²) in [6.07, 6.45) is 2.54. The Kier molecular flexibility index (Phi) is 3.20. The highest BCUT2D eigenvalue weighted by molar-refractivity contribution is 9.10. The molecular formula is C13H14BrN3S. The van der Waals surface area contributed by atoms with Crippen molar-refractivity contribution in [3.8, 4) is 0 Å². The lowest BCUT2D eigenvalue weighted by Crippen LogP contribution is -2.10. The van der Waals surface area contributed by atoms with Crippen LogP contribution in [-0.2, 0) is 7.05 Å². The maximum Gasteiger partial charge on any atom is 0.187 e. The van der Waals surface area contributed by atoms with Gasteiger partial charge in [0.05, 0.1) is 0 Å². The van der Waals surface area contributed by atoms with Gasteiger partial charge in [0, 0.05) is 17.4 Å². The Morgan fingerprint density at radius 2 is 2.17 bits per heavy atom. The van der Waals surface area contributed by atoms with Gasteiger partial charge in [0.1, 0.15) is 5.82 Å². The number of nitrogens with zero attached hydrogens (tertiary/aromatic N) is 3. The first kappa shape index (κ1) is 12.2. The molecule has 1 aromatic carbocycles. The number of rotatable bonds is 3. The van der Waals surface area contributed by atoms with Crippen LogP contribution >= 0.6 is 28.6 Å². The molecule has 1 heterocycles. The van der Waals surface area contributed by atoms with E-state index in [0.717, 1.165) is 10.3 Å². The molecule has 3 rings (SSSR count).